The summed E-state index contributed by atoms with van der Waals surface area (Å²) in [6, 6.07) is -0.580. The molecule has 2 rings (SSSR count). The number of carbonyl (C=O) groups is 2. The maximum absolute atomic E-state index is 13.1. The fraction of sp³-hybridized carbons (Fsp3) is 0.800. The van der Waals surface area contributed by atoms with Gasteiger partial charge in [-0.2, -0.15) is 13.2 Å². The molecule has 1 aliphatic carbocycles. The standard InChI is InChI=1S/C20H29F3N2O3/c1-5-10-19(11-7-12-25(19)17(27)28-18(2,3)4)16(26)24-15-9-6-8-14(13-15)20(21,22)23/h1,14-15H,6-13H2,2-4H3,(H,24,26)/t14-,15+,19-/m1/s1. The summed E-state index contributed by atoms with van der Waals surface area (Å²) < 4.78 is 44.6. The molecule has 2 amide bonds. The van der Waals surface area contributed by atoms with E-state index in [-0.39, 0.29) is 19.3 Å². The number of ether oxygens (including phenoxy) is 1. The van der Waals surface area contributed by atoms with E-state index in [9.17, 15) is 22.8 Å². The van der Waals surface area contributed by atoms with Gasteiger partial charge in [0.25, 0.3) is 0 Å². The number of nitrogens with zero attached hydrogens (tertiary/aromatic N) is 1. The number of nitrogens with one attached hydrogen (secondary N) is 1. The highest BCUT2D eigenvalue weighted by molar-refractivity contribution is 5.91. The second-order valence-corrected chi connectivity index (χ2v) is 8.72. The normalized spacial score (nSPS) is 28.5. The van der Waals surface area contributed by atoms with Crippen LogP contribution in [-0.4, -0.2) is 46.8 Å². The van der Waals surface area contributed by atoms with Gasteiger partial charge >= 0.3 is 12.3 Å². The van der Waals surface area contributed by atoms with Gasteiger partial charge in [-0.25, -0.2) is 4.79 Å². The Morgan fingerprint density at radius 2 is 1.93 bits per heavy atom. The molecule has 1 aliphatic heterocycles. The van der Waals surface area contributed by atoms with Crippen LogP contribution >= 0.6 is 0 Å². The Morgan fingerprint density at radius 3 is 2.50 bits per heavy atom. The SMILES string of the molecule is C#CC[C@]1(C(=O)N[C@H]2CCC[C@@H](C(F)(F)F)C2)CCCN1C(=O)OC(C)(C)C. The number of amides is 2. The van der Waals surface area contributed by atoms with Crippen LogP contribution in [0.2, 0.25) is 0 Å². The molecule has 28 heavy (non-hydrogen) atoms. The average Bonchev–Trinajstić information content (AvgIpc) is 2.98. The Hall–Kier alpha value is -1.91. The first-order valence-electron chi connectivity index (χ1n) is 9.71. The van der Waals surface area contributed by atoms with E-state index in [1.807, 2.05) is 0 Å². The molecule has 1 saturated carbocycles. The van der Waals surface area contributed by atoms with E-state index >= 15 is 0 Å². The minimum absolute atomic E-state index is 0.00645. The van der Waals surface area contributed by atoms with Crippen LogP contribution in [0.15, 0.2) is 0 Å². The number of halogens is 3. The highest BCUT2D eigenvalue weighted by Crippen LogP contribution is 2.39. The molecule has 2 aliphatic rings. The molecule has 158 valence electrons. The Bertz CT molecular complexity index is 636. The van der Waals surface area contributed by atoms with Crippen LogP contribution in [0, 0.1) is 18.3 Å². The van der Waals surface area contributed by atoms with Crippen molar-refractivity contribution >= 4 is 12.0 Å². The van der Waals surface area contributed by atoms with Gasteiger partial charge in [0.15, 0.2) is 0 Å². The Balaban J connectivity index is 2.16. The van der Waals surface area contributed by atoms with E-state index in [0.717, 1.165) is 0 Å². The third kappa shape index (κ3) is 5.12. The number of alkyl halides is 3. The van der Waals surface area contributed by atoms with E-state index in [4.69, 9.17) is 11.2 Å². The van der Waals surface area contributed by atoms with E-state index in [2.05, 4.69) is 11.2 Å². The average molecular weight is 402 g/mol. The molecule has 0 unspecified atom stereocenters. The van der Waals surface area contributed by atoms with Crippen molar-refractivity contribution in [1.82, 2.24) is 10.2 Å². The smallest absolute Gasteiger partial charge is 0.411 e. The summed E-state index contributed by atoms with van der Waals surface area (Å²) in [7, 11) is 0. The third-order valence-electron chi connectivity index (χ3n) is 5.39. The van der Waals surface area contributed by atoms with Crippen molar-refractivity contribution in [2.45, 2.75) is 89.1 Å². The maximum atomic E-state index is 13.1. The minimum Gasteiger partial charge on any atom is -0.444 e. The van der Waals surface area contributed by atoms with Gasteiger partial charge in [-0.15, -0.1) is 12.3 Å². The van der Waals surface area contributed by atoms with E-state index in [1.54, 1.807) is 20.8 Å². The molecule has 1 heterocycles. The Kier molecular flexibility index (Phi) is 6.57. The molecule has 2 fully saturated rings. The van der Waals surface area contributed by atoms with Gasteiger partial charge in [0, 0.05) is 19.0 Å². The van der Waals surface area contributed by atoms with Crippen molar-refractivity contribution in [3.05, 3.63) is 0 Å². The van der Waals surface area contributed by atoms with Crippen LogP contribution in [0.5, 0.6) is 0 Å². The predicted molar refractivity (Wildman–Crippen MR) is 98.3 cm³/mol. The largest absolute Gasteiger partial charge is 0.444 e. The Labute approximate surface area is 164 Å². The van der Waals surface area contributed by atoms with Crippen LogP contribution in [-0.2, 0) is 9.53 Å². The van der Waals surface area contributed by atoms with Gasteiger partial charge in [-0.3, -0.25) is 9.69 Å². The molecule has 8 heteroatoms. The van der Waals surface area contributed by atoms with Gasteiger partial charge < -0.3 is 10.1 Å². The van der Waals surface area contributed by atoms with Gasteiger partial charge in [-0.05, 0) is 52.9 Å². The zero-order valence-corrected chi connectivity index (χ0v) is 16.7. The van der Waals surface area contributed by atoms with Crippen molar-refractivity contribution in [3.8, 4) is 12.3 Å². The lowest BCUT2D eigenvalue weighted by Crippen LogP contribution is -2.60. The molecule has 0 aromatic rings. The number of terminal acetylenes is 1. The first kappa shape index (κ1) is 22.4. The zero-order chi connectivity index (χ0) is 21.2. The zero-order valence-electron chi connectivity index (χ0n) is 16.7. The first-order valence-corrected chi connectivity index (χ1v) is 9.71. The minimum atomic E-state index is -4.27. The molecule has 3 atom stereocenters. The second-order valence-electron chi connectivity index (χ2n) is 8.72. The van der Waals surface area contributed by atoms with Crippen LogP contribution in [0.4, 0.5) is 18.0 Å². The number of carbonyl (C=O) groups excluding carboxylic acids is 2. The summed E-state index contributed by atoms with van der Waals surface area (Å²) >= 11 is 0. The molecular weight excluding hydrogens is 373 g/mol. The summed E-state index contributed by atoms with van der Waals surface area (Å²) in [5.74, 6) is 0.558. The van der Waals surface area contributed by atoms with Crippen molar-refractivity contribution < 1.29 is 27.5 Å². The summed E-state index contributed by atoms with van der Waals surface area (Å²) in [6.07, 6.45) is 2.31. The molecule has 0 bridgehead atoms. The van der Waals surface area contributed by atoms with Crippen molar-refractivity contribution in [3.63, 3.8) is 0 Å². The predicted octanol–water partition coefficient (Wildman–Crippen LogP) is 4.02. The van der Waals surface area contributed by atoms with Crippen molar-refractivity contribution in [1.29, 1.82) is 0 Å². The lowest BCUT2D eigenvalue weighted by atomic mass is 9.84. The highest BCUT2D eigenvalue weighted by Gasteiger charge is 2.51. The molecule has 1 N–H and O–H groups in total. The summed E-state index contributed by atoms with van der Waals surface area (Å²) in [6.45, 7) is 5.50. The fourth-order valence-electron chi connectivity index (χ4n) is 4.07. The van der Waals surface area contributed by atoms with Crippen molar-refractivity contribution in [2.75, 3.05) is 6.54 Å². The highest BCUT2D eigenvalue weighted by atomic mass is 19.4. The van der Waals surface area contributed by atoms with Gasteiger partial charge in [0.1, 0.15) is 11.1 Å². The lowest BCUT2D eigenvalue weighted by molar-refractivity contribution is -0.184. The van der Waals surface area contributed by atoms with E-state index in [1.165, 1.54) is 4.90 Å². The van der Waals surface area contributed by atoms with E-state index < -0.39 is 41.3 Å². The number of hydrogen-bond acceptors (Lipinski definition) is 3. The third-order valence-corrected chi connectivity index (χ3v) is 5.39. The first-order chi connectivity index (χ1) is 12.9. The van der Waals surface area contributed by atoms with Crippen LogP contribution in [0.3, 0.4) is 0 Å². The monoisotopic (exact) mass is 402 g/mol. The number of likely N-dealkylation sites (tertiary alicyclic amines) is 1. The van der Waals surface area contributed by atoms with Gasteiger partial charge in [0.05, 0.1) is 5.92 Å². The molecule has 0 spiro atoms. The molecule has 0 aromatic carbocycles. The molecule has 5 nitrogen and oxygen atoms in total. The lowest BCUT2D eigenvalue weighted by Gasteiger charge is -2.39. The van der Waals surface area contributed by atoms with E-state index in [0.29, 0.717) is 32.2 Å². The maximum Gasteiger partial charge on any atom is 0.411 e. The fourth-order valence-corrected chi connectivity index (χ4v) is 4.07. The topological polar surface area (TPSA) is 58.6 Å². The number of hydrogen-bond donors (Lipinski definition) is 1. The molecule has 0 aromatic heterocycles. The molecule has 0 radical (unpaired) electrons. The summed E-state index contributed by atoms with van der Waals surface area (Å²) in [4.78, 5) is 27.1. The van der Waals surface area contributed by atoms with Gasteiger partial charge in [0.2, 0.25) is 5.91 Å². The quantitative estimate of drug-likeness (QED) is 0.726. The Morgan fingerprint density at radius 1 is 1.25 bits per heavy atom. The van der Waals surface area contributed by atoms with Crippen molar-refractivity contribution in [2.24, 2.45) is 5.92 Å². The van der Waals surface area contributed by atoms with Gasteiger partial charge in [-0.1, -0.05) is 6.42 Å². The summed E-state index contributed by atoms with van der Waals surface area (Å²) in [5.41, 5.74) is -2.01. The molecule has 1 saturated heterocycles. The molecular formula is C20H29F3N2O3. The van der Waals surface area contributed by atoms with Crippen LogP contribution in [0.25, 0.3) is 0 Å². The summed E-state index contributed by atoms with van der Waals surface area (Å²) in [5, 5.41) is 2.75. The second kappa shape index (κ2) is 8.22. The van der Waals surface area contributed by atoms with Crippen LogP contribution < -0.4 is 5.32 Å². The van der Waals surface area contributed by atoms with Crippen LogP contribution in [0.1, 0.15) is 65.7 Å². The number of rotatable bonds is 3.